The number of benzene rings is 1. The predicted octanol–water partition coefficient (Wildman–Crippen LogP) is 3.41. The van der Waals surface area contributed by atoms with Crippen molar-refractivity contribution >= 4 is 23.4 Å². The molecule has 0 spiro atoms. The zero-order valence-electron chi connectivity index (χ0n) is 14.7. The summed E-state index contributed by atoms with van der Waals surface area (Å²) in [6.45, 7) is 3.02. The Kier molecular flexibility index (Phi) is 5.01. The quantitative estimate of drug-likeness (QED) is 0.622. The summed E-state index contributed by atoms with van der Waals surface area (Å²) in [4.78, 5) is 12.3. The molecule has 2 aromatic heterocycles. The van der Waals surface area contributed by atoms with Gasteiger partial charge in [-0.25, -0.2) is 0 Å². The lowest BCUT2D eigenvalue weighted by Gasteiger charge is -2.08. The van der Waals surface area contributed by atoms with Crippen molar-refractivity contribution < 1.29 is 18.7 Å². The Bertz CT molecular complexity index is 939. The van der Waals surface area contributed by atoms with Crippen molar-refractivity contribution in [3.8, 4) is 23.1 Å². The zero-order valence-corrected chi connectivity index (χ0v) is 15.5. The molecule has 0 radical (unpaired) electrons. The van der Waals surface area contributed by atoms with E-state index in [9.17, 15) is 4.79 Å². The Morgan fingerprint density at radius 2 is 2.15 bits per heavy atom. The van der Waals surface area contributed by atoms with E-state index in [1.165, 1.54) is 11.8 Å². The summed E-state index contributed by atoms with van der Waals surface area (Å²) in [5.41, 5.74) is 0.663. The lowest BCUT2D eigenvalue weighted by atomic mass is 10.3. The number of rotatable bonds is 7. The maximum absolute atomic E-state index is 12.3. The first-order chi connectivity index (χ1) is 13.2. The molecule has 140 valence electrons. The fraction of sp³-hybridized carbons (Fsp3) is 0.278. The Balaban J connectivity index is 1.41. The normalized spacial score (nSPS) is 12.3. The number of anilines is 1. The smallest absolute Gasteiger partial charge is 0.234 e. The third-order valence-corrected chi connectivity index (χ3v) is 4.86. The minimum Gasteiger partial charge on any atom is -0.461 e. The minimum absolute atomic E-state index is 0.135. The molecule has 1 aromatic carbocycles. The standard InChI is InChI=1S/C18H18N4O4S/c1-2-7-22-17(14-4-3-8-24-14)20-21-18(22)27-10-16(23)19-12-5-6-13-15(9-12)26-11-25-13/h3-6,8-9H,2,7,10-11H2,1H3,(H,19,23). The van der Waals surface area contributed by atoms with E-state index in [0.29, 0.717) is 33.9 Å². The Morgan fingerprint density at radius 3 is 2.96 bits per heavy atom. The maximum atomic E-state index is 12.3. The van der Waals surface area contributed by atoms with Crippen LogP contribution in [0.1, 0.15) is 13.3 Å². The van der Waals surface area contributed by atoms with E-state index in [0.717, 1.165) is 13.0 Å². The number of carbonyl (C=O) groups is 1. The molecule has 0 saturated carbocycles. The van der Waals surface area contributed by atoms with Crippen molar-refractivity contribution in [3.63, 3.8) is 0 Å². The van der Waals surface area contributed by atoms with Crippen LogP contribution in [0.3, 0.4) is 0 Å². The number of hydrogen-bond acceptors (Lipinski definition) is 7. The highest BCUT2D eigenvalue weighted by atomic mass is 32.2. The van der Waals surface area contributed by atoms with Gasteiger partial charge in [0.25, 0.3) is 0 Å². The highest BCUT2D eigenvalue weighted by molar-refractivity contribution is 7.99. The summed E-state index contributed by atoms with van der Waals surface area (Å²) < 4.78 is 18.0. The number of carbonyl (C=O) groups excluding carboxylic acids is 1. The number of amides is 1. The van der Waals surface area contributed by atoms with Crippen LogP contribution in [0.15, 0.2) is 46.2 Å². The highest BCUT2D eigenvalue weighted by Gasteiger charge is 2.18. The van der Waals surface area contributed by atoms with Gasteiger partial charge >= 0.3 is 0 Å². The van der Waals surface area contributed by atoms with Gasteiger partial charge in [-0.2, -0.15) is 0 Å². The second-order valence-corrected chi connectivity index (χ2v) is 6.78. The summed E-state index contributed by atoms with van der Waals surface area (Å²) in [6, 6.07) is 8.96. The molecule has 0 bridgehead atoms. The van der Waals surface area contributed by atoms with Gasteiger partial charge < -0.3 is 19.2 Å². The Hall–Kier alpha value is -2.94. The van der Waals surface area contributed by atoms with E-state index < -0.39 is 0 Å². The number of ether oxygens (including phenoxy) is 2. The maximum Gasteiger partial charge on any atom is 0.234 e. The molecule has 0 saturated heterocycles. The molecule has 0 unspecified atom stereocenters. The first-order valence-electron chi connectivity index (χ1n) is 8.54. The lowest BCUT2D eigenvalue weighted by Crippen LogP contribution is -2.14. The van der Waals surface area contributed by atoms with Crippen LogP contribution in [0, 0.1) is 0 Å². The second kappa shape index (κ2) is 7.75. The van der Waals surface area contributed by atoms with Gasteiger partial charge in [-0.1, -0.05) is 18.7 Å². The summed E-state index contributed by atoms with van der Waals surface area (Å²) in [5, 5.41) is 12.0. The van der Waals surface area contributed by atoms with Crippen molar-refractivity contribution in [2.24, 2.45) is 0 Å². The molecule has 1 aliphatic rings. The van der Waals surface area contributed by atoms with Crippen LogP contribution in [0.4, 0.5) is 5.69 Å². The molecule has 0 fully saturated rings. The average molecular weight is 386 g/mol. The number of fused-ring (bicyclic) bond motifs is 1. The van der Waals surface area contributed by atoms with Gasteiger partial charge in [0.2, 0.25) is 12.7 Å². The average Bonchev–Trinajstić information content (AvgIpc) is 3.40. The molecule has 1 aliphatic heterocycles. The van der Waals surface area contributed by atoms with Gasteiger partial charge in [0.1, 0.15) is 0 Å². The van der Waals surface area contributed by atoms with Crippen LogP contribution in [0.5, 0.6) is 11.5 Å². The van der Waals surface area contributed by atoms with Gasteiger partial charge in [0, 0.05) is 18.3 Å². The van der Waals surface area contributed by atoms with E-state index in [1.54, 1.807) is 24.5 Å². The van der Waals surface area contributed by atoms with Crippen molar-refractivity contribution in [2.75, 3.05) is 17.9 Å². The molecule has 4 rings (SSSR count). The zero-order chi connectivity index (χ0) is 18.6. The summed E-state index contributed by atoms with van der Waals surface area (Å²) in [7, 11) is 0. The van der Waals surface area contributed by atoms with E-state index >= 15 is 0 Å². The van der Waals surface area contributed by atoms with Crippen molar-refractivity contribution in [3.05, 3.63) is 36.6 Å². The van der Waals surface area contributed by atoms with Gasteiger partial charge in [-0.15, -0.1) is 10.2 Å². The topological polar surface area (TPSA) is 91.4 Å². The van der Waals surface area contributed by atoms with Crippen molar-refractivity contribution in [2.45, 2.75) is 25.0 Å². The predicted molar refractivity (Wildman–Crippen MR) is 99.9 cm³/mol. The SMILES string of the molecule is CCCn1c(SCC(=O)Nc2ccc3c(c2)OCO3)nnc1-c1ccco1. The lowest BCUT2D eigenvalue weighted by molar-refractivity contribution is -0.113. The van der Waals surface area contributed by atoms with Crippen LogP contribution in [0.2, 0.25) is 0 Å². The highest BCUT2D eigenvalue weighted by Crippen LogP contribution is 2.34. The number of nitrogens with zero attached hydrogens (tertiary/aromatic N) is 3. The molecular formula is C18H18N4O4S. The first kappa shape index (κ1) is 17.5. The monoisotopic (exact) mass is 386 g/mol. The summed E-state index contributed by atoms with van der Waals surface area (Å²) in [5.74, 6) is 2.72. The van der Waals surface area contributed by atoms with E-state index in [2.05, 4.69) is 22.4 Å². The van der Waals surface area contributed by atoms with E-state index in [-0.39, 0.29) is 18.5 Å². The van der Waals surface area contributed by atoms with Gasteiger partial charge in [-0.05, 0) is 30.7 Å². The third-order valence-electron chi connectivity index (χ3n) is 3.89. The van der Waals surface area contributed by atoms with Crippen LogP contribution in [0.25, 0.3) is 11.6 Å². The van der Waals surface area contributed by atoms with Crippen molar-refractivity contribution in [1.29, 1.82) is 0 Å². The largest absolute Gasteiger partial charge is 0.461 e. The van der Waals surface area contributed by atoms with Crippen LogP contribution >= 0.6 is 11.8 Å². The minimum atomic E-state index is -0.135. The second-order valence-electron chi connectivity index (χ2n) is 5.84. The van der Waals surface area contributed by atoms with E-state index in [1.807, 2.05) is 16.7 Å². The van der Waals surface area contributed by atoms with Crippen LogP contribution in [-0.2, 0) is 11.3 Å². The molecule has 1 amide bonds. The molecule has 1 N–H and O–H groups in total. The molecule has 9 heteroatoms. The van der Waals surface area contributed by atoms with E-state index in [4.69, 9.17) is 13.9 Å². The molecular weight excluding hydrogens is 368 g/mol. The molecule has 8 nitrogen and oxygen atoms in total. The van der Waals surface area contributed by atoms with Crippen LogP contribution < -0.4 is 14.8 Å². The molecule has 0 aliphatic carbocycles. The number of aromatic nitrogens is 3. The van der Waals surface area contributed by atoms with Gasteiger partial charge in [-0.3, -0.25) is 9.36 Å². The molecule has 0 atom stereocenters. The van der Waals surface area contributed by atoms with Gasteiger partial charge in [0.05, 0.1) is 12.0 Å². The number of nitrogens with one attached hydrogen (secondary N) is 1. The fourth-order valence-electron chi connectivity index (χ4n) is 2.71. The molecule has 3 aromatic rings. The molecule has 3 heterocycles. The Morgan fingerprint density at radius 1 is 1.26 bits per heavy atom. The van der Waals surface area contributed by atoms with Crippen molar-refractivity contribution in [1.82, 2.24) is 14.8 Å². The Labute approximate surface area is 159 Å². The number of hydrogen-bond donors (Lipinski definition) is 1. The van der Waals surface area contributed by atoms with Crippen LogP contribution in [-0.4, -0.2) is 33.2 Å². The number of thioether (sulfide) groups is 1. The third kappa shape index (κ3) is 3.77. The number of furan rings is 1. The van der Waals surface area contributed by atoms with Gasteiger partial charge in [0.15, 0.2) is 28.2 Å². The molecule has 27 heavy (non-hydrogen) atoms. The fourth-order valence-corrected chi connectivity index (χ4v) is 3.47. The first-order valence-corrected chi connectivity index (χ1v) is 9.52. The summed E-state index contributed by atoms with van der Waals surface area (Å²) in [6.07, 6.45) is 2.52. The summed E-state index contributed by atoms with van der Waals surface area (Å²) >= 11 is 1.34.